The van der Waals surface area contributed by atoms with Gasteiger partial charge in [0.05, 0.1) is 11.7 Å². The average Bonchev–Trinajstić information content (AvgIpc) is 3.62. The summed E-state index contributed by atoms with van der Waals surface area (Å²) in [6, 6.07) is 12.6. The van der Waals surface area contributed by atoms with E-state index in [0.29, 0.717) is 45.2 Å². The first kappa shape index (κ1) is 22.5. The third-order valence-electron chi connectivity index (χ3n) is 6.47. The van der Waals surface area contributed by atoms with E-state index in [1.54, 1.807) is 30.6 Å². The number of hydrogen-bond acceptors (Lipinski definition) is 3. The molecular formula is C30H27FN4. The van der Waals surface area contributed by atoms with Crippen molar-refractivity contribution in [1.29, 1.82) is 0 Å². The molecule has 4 nitrogen and oxygen atoms in total. The Hall–Kier alpha value is -4.25. The van der Waals surface area contributed by atoms with Crippen molar-refractivity contribution >= 4 is 27.9 Å². The molecule has 35 heavy (non-hydrogen) atoms. The summed E-state index contributed by atoms with van der Waals surface area (Å²) >= 11 is 0. The fraction of sp³-hybridized carbons (Fsp3) is 0.133. The van der Waals surface area contributed by atoms with Gasteiger partial charge >= 0.3 is 0 Å². The van der Waals surface area contributed by atoms with Crippen LogP contribution in [-0.2, 0) is 0 Å². The smallest absolute Gasteiger partial charge is 0.138 e. The molecule has 2 heterocycles. The van der Waals surface area contributed by atoms with Gasteiger partial charge in [-0.1, -0.05) is 55.7 Å². The lowest BCUT2D eigenvalue weighted by Crippen LogP contribution is -1.98. The highest BCUT2D eigenvalue weighted by Crippen LogP contribution is 2.39. The number of fused-ring (bicyclic) bond motifs is 1. The van der Waals surface area contributed by atoms with E-state index in [1.807, 2.05) is 31.2 Å². The van der Waals surface area contributed by atoms with E-state index >= 15 is 0 Å². The fourth-order valence-corrected chi connectivity index (χ4v) is 4.35. The van der Waals surface area contributed by atoms with E-state index in [4.69, 9.17) is 10.7 Å². The minimum atomic E-state index is -0.320. The number of nitrogens with two attached hydrogens (primary N) is 1. The number of rotatable bonds is 7. The van der Waals surface area contributed by atoms with Crippen LogP contribution in [0.5, 0.6) is 0 Å². The van der Waals surface area contributed by atoms with E-state index < -0.39 is 0 Å². The SMILES string of the molecule is C=C/C(=C\C(=C/C)c1ccc(N)c(C(=C)c2nc3c(-c4ccccc4F)cncc3[nH]2)c1)C1CC1. The van der Waals surface area contributed by atoms with Crippen molar-refractivity contribution in [2.75, 3.05) is 5.73 Å². The zero-order valence-corrected chi connectivity index (χ0v) is 19.7. The second-order valence-corrected chi connectivity index (χ2v) is 8.80. The number of benzene rings is 2. The Bertz CT molecular complexity index is 1520. The number of nitrogens with zero attached hydrogens (tertiary/aromatic N) is 2. The van der Waals surface area contributed by atoms with Gasteiger partial charge in [0.1, 0.15) is 17.2 Å². The summed E-state index contributed by atoms with van der Waals surface area (Å²) in [7, 11) is 0. The third-order valence-corrected chi connectivity index (χ3v) is 6.47. The van der Waals surface area contributed by atoms with Crippen LogP contribution < -0.4 is 5.73 Å². The molecule has 0 spiro atoms. The van der Waals surface area contributed by atoms with Crippen LogP contribution in [0.4, 0.5) is 10.1 Å². The minimum Gasteiger partial charge on any atom is -0.398 e. The summed E-state index contributed by atoms with van der Waals surface area (Å²) in [6.07, 6.45) is 12.0. The van der Waals surface area contributed by atoms with E-state index in [2.05, 4.69) is 35.3 Å². The minimum absolute atomic E-state index is 0.320. The quantitative estimate of drug-likeness (QED) is 0.223. The number of aromatic nitrogens is 3. The molecule has 0 saturated heterocycles. The highest BCUT2D eigenvalue weighted by Gasteiger charge is 2.24. The normalized spacial score (nSPS) is 14.3. The predicted octanol–water partition coefficient (Wildman–Crippen LogP) is 7.33. The topological polar surface area (TPSA) is 67.6 Å². The molecule has 1 saturated carbocycles. The van der Waals surface area contributed by atoms with Crippen LogP contribution >= 0.6 is 0 Å². The van der Waals surface area contributed by atoms with Gasteiger partial charge in [-0.15, -0.1) is 0 Å². The maximum absolute atomic E-state index is 14.5. The van der Waals surface area contributed by atoms with Gasteiger partial charge in [-0.2, -0.15) is 0 Å². The lowest BCUT2D eigenvalue weighted by atomic mass is 9.95. The third kappa shape index (κ3) is 4.33. The molecule has 1 fully saturated rings. The van der Waals surface area contributed by atoms with Gasteiger partial charge in [-0.25, -0.2) is 9.37 Å². The number of nitrogens with one attached hydrogen (secondary N) is 1. The number of allylic oxidation sites excluding steroid dienone is 5. The van der Waals surface area contributed by atoms with Gasteiger partial charge < -0.3 is 10.7 Å². The Morgan fingerprint density at radius 3 is 2.66 bits per heavy atom. The predicted molar refractivity (Wildman–Crippen MR) is 143 cm³/mol. The highest BCUT2D eigenvalue weighted by molar-refractivity contribution is 5.94. The first-order valence-corrected chi connectivity index (χ1v) is 11.7. The van der Waals surface area contributed by atoms with Gasteiger partial charge in [0.25, 0.3) is 0 Å². The lowest BCUT2D eigenvalue weighted by Gasteiger charge is -2.12. The van der Waals surface area contributed by atoms with Gasteiger partial charge in [0.15, 0.2) is 0 Å². The Kier molecular flexibility index (Phi) is 5.91. The van der Waals surface area contributed by atoms with Gasteiger partial charge in [-0.05, 0) is 60.6 Å². The summed E-state index contributed by atoms with van der Waals surface area (Å²) in [5, 5.41) is 0. The molecule has 174 valence electrons. The molecule has 2 aromatic carbocycles. The number of H-pyrrole nitrogens is 1. The van der Waals surface area contributed by atoms with Crippen molar-refractivity contribution in [2.24, 2.45) is 5.92 Å². The van der Waals surface area contributed by atoms with Crippen LogP contribution in [0.3, 0.4) is 0 Å². The van der Waals surface area contributed by atoms with E-state index in [0.717, 1.165) is 16.7 Å². The number of pyridine rings is 1. The van der Waals surface area contributed by atoms with E-state index in [9.17, 15) is 4.39 Å². The summed E-state index contributed by atoms with van der Waals surface area (Å²) in [5.41, 5.74) is 14.3. The molecule has 0 bridgehead atoms. The van der Waals surface area contributed by atoms with Crippen LogP contribution in [0.25, 0.3) is 33.3 Å². The van der Waals surface area contributed by atoms with Gasteiger partial charge in [0, 0.05) is 34.1 Å². The van der Waals surface area contributed by atoms with Gasteiger partial charge in [-0.3, -0.25) is 4.98 Å². The molecule has 5 heteroatoms. The zero-order valence-electron chi connectivity index (χ0n) is 19.7. The maximum Gasteiger partial charge on any atom is 0.138 e. The van der Waals surface area contributed by atoms with Crippen molar-refractivity contribution < 1.29 is 4.39 Å². The maximum atomic E-state index is 14.5. The van der Waals surface area contributed by atoms with Crippen molar-refractivity contribution in [2.45, 2.75) is 19.8 Å². The molecule has 3 N–H and O–H groups in total. The molecule has 1 aliphatic carbocycles. The molecule has 4 aromatic rings. The van der Waals surface area contributed by atoms with Crippen molar-refractivity contribution in [1.82, 2.24) is 15.0 Å². The molecule has 2 aromatic heterocycles. The van der Waals surface area contributed by atoms with E-state index in [-0.39, 0.29) is 5.82 Å². The van der Waals surface area contributed by atoms with Crippen LogP contribution in [0.15, 0.2) is 91.8 Å². The zero-order chi connectivity index (χ0) is 24.5. The number of aromatic amines is 1. The first-order chi connectivity index (χ1) is 17.0. The Balaban J connectivity index is 1.54. The van der Waals surface area contributed by atoms with Crippen LogP contribution in [0, 0.1) is 11.7 Å². The molecule has 0 aliphatic heterocycles. The summed E-state index contributed by atoms with van der Waals surface area (Å²) < 4.78 is 14.5. The molecule has 5 rings (SSSR count). The largest absolute Gasteiger partial charge is 0.398 e. The molecule has 0 atom stereocenters. The monoisotopic (exact) mass is 462 g/mol. The number of nitrogen functional groups attached to an aromatic ring is 1. The summed E-state index contributed by atoms with van der Waals surface area (Å²) in [5.74, 6) is 0.856. The summed E-state index contributed by atoms with van der Waals surface area (Å²) in [4.78, 5) is 12.3. The average molecular weight is 463 g/mol. The molecule has 0 amide bonds. The second-order valence-electron chi connectivity index (χ2n) is 8.80. The number of imidazole rings is 1. The molecule has 0 unspecified atom stereocenters. The standard InChI is InChI=1S/C30H27FN4/c1-4-19(21-10-11-21)14-20(5-2)22-12-13-27(32)24(15-22)18(3)30-34-28-17-33-16-25(29(28)35-30)23-8-6-7-9-26(23)31/h4-9,12-17,21H,1,3,10-11,32H2,2H3,(H,34,35)/b19-14+,20-5+. The van der Waals surface area contributed by atoms with Crippen molar-refractivity contribution in [3.8, 4) is 11.1 Å². The number of anilines is 1. The fourth-order valence-electron chi connectivity index (χ4n) is 4.35. The number of hydrogen-bond donors (Lipinski definition) is 2. The molecule has 0 radical (unpaired) electrons. The Morgan fingerprint density at radius 2 is 1.94 bits per heavy atom. The first-order valence-electron chi connectivity index (χ1n) is 11.7. The van der Waals surface area contributed by atoms with Crippen LogP contribution in [0.2, 0.25) is 0 Å². The lowest BCUT2D eigenvalue weighted by molar-refractivity contribution is 0.631. The molecular weight excluding hydrogens is 435 g/mol. The van der Waals surface area contributed by atoms with Crippen molar-refractivity contribution in [3.63, 3.8) is 0 Å². The highest BCUT2D eigenvalue weighted by atomic mass is 19.1. The van der Waals surface area contributed by atoms with Gasteiger partial charge in [0.2, 0.25) is 0 Å². The van der Waals surface area contributed by atoms with Crippen LogP contribution in [-0.4, -0.2) is 15.0 Å². The van der Waals surface area contributed by atoms with Crippen molar-refractivity contribution in [3.05, 3.63) is 115 Å². The Labute approximate surface area is 204 Å². The summed E-state index contributed by atoms with van der Waals surface area (Å²) in [6.45, 7) is 10.3. The molecule has 1 aliphatic rings. The van der Waals surface area contributed by atoms with E-state index in [1.165, 1.54) is 24.5 Å². The Morgan fingerprint density at radius 1 is 1.14 bits per heavy atom. The second kappa shape index (κ2) is 9.18. The number of halogens is 1. The van der Waals surface area contributed by atoms with Crippen LogP contribution in [0.1, 0.15) is 36.7 Å².